The van der Waals surface area contributed by atoms with Crippen molar-refractivity contribution in [2.45, 2.75) is 46.5 Å². The molecule has 5 heteroatoms. The average molecular weight is 344 g/mol. The second-order valence-corrected chi connectivity index (χ2v) is 7.38. The molecule has 0 unspecified atom stereocenters. The smallest absolute Gasteiger partial charge is 0.275 e. The summed E-state index contributed by atoms with van der Waals surface area (Å²) in [6.07, 6.45) is 0. The standard InChI is InChI=1S/C19H24N2O2S/c1-11(2)14-9-15(12(3)4)18(22)16(10-14)19(23)21-20-13(5)17-7-6-8-24-17/h6-12,22H,1-5H3,(H,21,23). The Labute approximate surface area is 147 Å². The van der Waals surface area contributed by atoms with Gasteiger partial charge in [-0.15, -0.1) is 11.3 Å². The molecule has 0 aliphatic heterocycles. The van der Waals surface area contributed by atoms with Crippen molar-refractivity contribution in [1.82, 2.24) is 5.43 Å². The zero-order valence-corrected chi connectivity index (χ0v) is 15.6. The van der Waals surface area contributed by atoms with Gasteiger partial charge in [-0.05, 0) is 47.4 Å². The summed E-state index contributed by atoms with van der Waals surface area (Å²) in [7, 11) is 0. The Balaban J connectivity index is 2.33. The summed E-state index contributed by atoms with van der Waals surface area (Å²) >= 11 is 1.56. The van der Waals surface area contributed by atoms with E-state index in [1.807, 2.05) is 44.4 Å². The Morgan fingerprint density at radius 2 is 1.92 bits per heavy atom. The highest BCUT2D eigenvalue weighted by molar-refractivity contribution is 7.12. The van der Waals surface area contributed by atoms with Gasteiger partial charge in [0, 0.05) is 4.88 Å². The number of hydrazone groups is 1. The van der Waals surface area contributed by atoms with Crippen molar-refractivity contribution in [3.8, 4) is 5.75 Å². The lowest BCUT2D eigenvalue weighted by Gasteiger charge is -2.16. The number of phenols is 1. The number of rotatable bonds is 5. The van der Waals surface area contributed by atoms with Crippen LogP contribution in [0.15, 0.2) is 34.7 Å². The van der Waals surface area contributed by atoms with Crippen LogP contribution in [0.25, 0.3) is 0 Å². The number of nitrogens with one attached hydrogen (secondary N) is 1. The minimum absolute atomic E-state index is 0.0378. The molecule has 1 aromatic carbocycles. The first kappa shape index (κ1) is 18.2. The number of nitrogens with zero attached hydrogens (tertiary/aromatic N) is 1. The molecule has 0 aliphatic rings. The molecule has 1 amide bonds. The Morgan fingerprint density at radius 3 is 2.46 bits per heavy atom. The summed E-state index contributed by atoms with van der Waals surface area (Å²) in [5.74, 6) is 0.0429. The number of amides is 1. The zero-order chi connectivity index (χ0) is 17.9. The van der Waals surface area contributed by atoms with Gasteiger partial charge in [-0.3, -0.25) is 4.79 Å². The van der Waals surface area contributed by atoms with Crippen LogP contribution in [0, 0.1) is 0 Å². The molecule has 0 radical (unpaired) electrons. The number of hydrogen-bond acceptors (Lipinski definition) is 4. The first-order valence-electron chi connectivity index (χ1n) is 8.06. The van der Waals surface area contributed by atoms with Gasteiger partial charge >= 0.3 is 0 Å². The Hall–Kier alpha value is -2.14. The molecular weight excluding hydrogens is 320 g/mol. The van der Waals surface area contributed by atoms with E-state index >= 15 is 0 Å². The summed E-state index contributed by atoms with van der Waals surface area (Å²) in [6, 6.07) is 7.61. The van der Waals surface area contributed by atoms with E-state index in [9.17, 15) is 9.90 Å². The van der Waals surface area contributed by atoms with E-state index < -0.39 is 5.91 Å². The van der Waals surface area contributed by atoms with Crippen LogP contribution in [0.2, 0.25) is 0 Å². The third kappa shape index (κ3) is 4.03. The molecule has 1 aromatic heterocycles. The van der Waals surface area contributed by atoms with Gasteiger partial charge in [-0.1, -0.05) is 39.8 Å². The average Bonchev–Trinajstić information content (AvgIpc) is 3.06. The number of hydrogen-bond donors (Lipinski definition) is 2. The molecule has 128 valence electrons. The van der Waals surface area contributed by atoms with Crippen molar-refractivity contribution in [2.75, 3.05) is 0 Å². The molecule has 2 N–H and O–H groups in total. The number of thiophene rings is 1. The topological polar surface area (TPSA) is 61.7 Å². The molecule has 0 aliphatic carbocycles. The van der Waals surface area contributed by atoms with E-state index in [0.29, 0.717) is 0 Å². The van der Waals surface area contributed by atoms with Crippen molar-refractivity contribution in [3.05, 3.63) is 51.2 Å². The third-order valence-electron chi connectivity index (χ3n) is 3.90. The first-order chi connectivity index (χ1) is 11.3. The first-order valence-corrected chi connectivity index (χ1v) is 8.94. The van der Waals surface area contributed by atoms with Gasteiger partial charge in [0.1, 0.15) is 5.75 Å². The predicted molar refractivity (Wildman–Crippen MR) is 100 cm³/mol. The summed E-state index contributed by atoms with van der Waals surface area (Å²) < 4.78 is 0. The van der Waals surface area contributed by atoms with Crippen LogP contribution in [-0.2, 0) is 0 Å². The maximum atomic E-state index is 12.5. The summed E-state index contributed by atoms with van der Waals surface area (Å²) in [5.41, 5.74) is 5.38. The number of benzene rings is 1. The van der Waals surface area contributed by atoms with Crippen LogP contribution in [0.4, 0.5) is 0 Å². The van der Waals surface area contributed by atoms with Crippen LogP contribution in [-0.4, -0.2) is 16.7 Å². The number of phenolic OH excluding ortho intramolecular Hbond substituents is 1. The Bertz CT molecular complexity index is 747. The molecule has 1 heterocycles. The molecule has 24 heavy (non-hydrogen) atoms. The minimum atomic E-state index is -0.396. The molecule has 0 spiro atoms. The van der Waals surface area contributed by atoms with Crippen molar-refractivity contribution in [2.24, 2.45) is 5.10 Å². The fourth-order valence-electron chi connectivity index (χ4n) is 2.36. The van der Waals surface area contributed by atoms with E-state index in [1.165, 1.54) is 0 Å². The molecule has 0 saturated carbocycles. The molecular formula is C19H24N2O2S. The lowest BCUT2D eigenvalue weighted by atomic mass is 9.92. The van der Waals surface area contributed by atoms with Crippen LogP contribution >= 0.6 is 11.3 Å². The Kier molecular flexibility index (Phi) is 5.78. The summed E-state index contributed by atoms with van der Waals surface area (Å²) in [5, 5.41) is 16.6. The van der Waals surface area contributed by atoms with Gasteiger partial charge in [-0.25, -0.2) is 5.43 Å². The number of aromatic hydroxyl groups is 1. The van der Waals surface area contributed by atoms with E-state index in [0.717, 1.165) is 21.7 Å². The molecule has 4 nitrogen and oxygen atoms in total. The highest BCUT2D eigenvalue weighted by Gasteiger charge is 2.19. The van der Waals surface area contributed by atoms with E-state index in [-0.39, 0.29) is 23.1 Å². The summed E-state index contributed by atoms with van der Waals surface area (Å²) in [6.45, 7) is 9.98. The monoisotopic (exact) mass is 344 g/mol. The molecule has 0 bridgehead atoms. The van der Waals surface area contributed by atoms with E-state index in [2.05, 4.69) is 24.4 Å². The van der Waals surface area contributed by atoms with E-state index in [1.54, 1.807) is 17.4 Å². The van der Waals surface area contributed by atoms with Gasteiger partial charge in [0.2, 0.25) is 0 Å². The van der Waals surface area contributed by atoms with Crippen LogP contribution in [0.3, 0.4) is 0 Å². The van der Waals surface area contributed by atoms with Gasteiger partial charge in [0.25, 0.3) is 5.91 Å². The molecule has 2 aromatic rings. The van der Waals surface area contributed by atoms with Gasteiger partial charge in [0.15, 0.2) is 0 Å². The highest BCUT2D eigenvalue weighted by atomic mass is 32.1. The fraction of sp³-hybridized carbons (Fsp3) is 0.368. The zero-order valence-electron chi connectivity index (χ0n) is 14.8. The second-order valence-electron chi connectivity index (χ2n) is 6.43. The fourth-order valence-corrected chi connectivity index (χ4v) is 3.04. The minimum Gasteiger partial charge on any atom is -0.507 e. The predicted octanol–water partition coefficient (Wildman–Crippen LogP) is 4.85. The molecule has 2 rings (SSSR count). The van der Waals surface area contributed by atoms with Gasteiger partial charge < -0.3 is 5.11 Å². The highest BCUT2D eigenvalue weighted by Crippen LogP contribution is 2.33. The van der Waals surface area contributed by atoms with E-state index in [4.69, 9.17) is 0 Å². The number of carbonyl (C=O) groups excluding carboxylic acids is 1. The van der Waals surface area contributed by atoms with Crippen molar-refractivity contribution in [1.29, 1.82) is 0 Å². The normalized spacial score (nSPS) is 12.0. The maximum absolute atomic E-state index is 12.5. The molecule has 0 saturated heterocycles. The quantitative estimate of drug-likeness (QED) is 0.601. The molecule has 0 atom stereocenters. The van der Waals surface area contributed by atoms with Crippen molar-refractivity contribution in [3.63, 3.8) is 0 Å². The maximum Gasteiger partial charge on any atom is 0.275 e. The largest absolute Gasteiger partial charge is 0.507 e. The van der Waals surface area contributed by atoms with Crippen LogP contribution < -0.4 is 5.43 Å². The van der Waals surface area contributed by atoms with Crippen LogP contribution in [0.5, 0.6) is 5.75 Å². The number of carbonyl (C=O) groups is 1. The van der Waals surface area contributed by atoms with Crippen molar-refractivity contribution < 1.29 is 9.90 Å². The van der Waals surface area contributed by atoms with Gasteiger partial charge in [0.05, 0.1) is 11.3 Å². The lowest BCUT2D eigenvalue weighted by molar-refractivity contribution is 0.0952. The third-order valence-corrected chi connectivity index (χ3v) is 4.88. The molecule has 0 fully saturated rings. The second kappa shape index (κ2) is 7.62. The summed E-state index contributed by atoms with van der Waals surface area (Å²) in [4.78, 5) is 13.5. The van der Waals surface area contributed by atoms with Crippen molar-refractivity contribution >= 4 is 23.0 Å². The Morgan fingerprint density at radius 1 is 1.21 bits per heavy atom. The lowest BCUT2D eigenvalue weighted by Crippen LogP contribution is -2.20. The van der Waals surface area contributed by atoms with Crippen LogP contribution in [0.1, 0.15) is 72.8 Å². The van der Waals surface area contributed by atoms with Gasteiger partial charge in [-0.2, -0.15) is 5.10 Å². The SMILES string of the molecule is CC(=NNC(=O)c1cc(C(C)C)cc(C(C)C)c1O)c1cccs1.